The van der Waals surface area contributed by atoms with Crippen molar-refractivity contribution in [3.63, 3.8) is 0 Å². The molecule has 0 aliphatic carbocycles. The number of aromatic nitrogens is 4. The van der Waals surface area contributed by atoms with Crippen molar-refractivity contribution < 1.29 is 14.4 Å². The fraction of sp³-hybridized carbons (Fsp3) is 0.300. The number of hydrogen-bond donors (Lipinski definition) is 2. The number of para-hydroxylation sites is 1. The van der Waals surface area contributed by atoms with Crippen molar-refractivity contribution in [1.82, 2.24) is 20.2 Å². The van der Waals surface area contributed by atoms with E-state index in [1.165, 1.54) is 22.2 Å². The summed E-state index contributed by atoms with van der Waals surface area (Å²) in [6, 6.07) is 17.6. The van der Waals surface area contributed by atoms with Gasteiger partial charge in [0.1, 0.15) is 19.6 Å². The lowest BCUT2D eigenvalue weighted by Crippen LogP contribution is -3.12. The molecule has 3 aromatic rings. The third kappa shape index (κ3) is 5.41. The number of benzene rings is 2. The molecule has 0 saturated carbocycles. The Labute approximate surface area is 173 Å². The van der Waals surface area contributed by atoms with Crippen molar-refractivity contribution >= 4 is 23.4 Å². The number of carbonyl (C=O) groups excluding carboxylic acids is 1. The highest BCUT2D eigenvalue weighted by molar-refractivity contribution is 7.99. The summed E-state index contributed by atoms with van der Waals surface area (Å²) in [5.74, 6) is 0.136. The van der Waals surface area contributed by atoms with E-state index in [0.717, 1.165) is 44.2 Å². The summed E-state index contributed by atoms with van der Waals surface area (Å²) in [4.78, 5) is 13.9. The molecule has 2 heterocycles. The molecule has 9 heteroatoms. The number of tetrazole rings is 1. The van der Waals surface area contributed by atoms with Crippen LogP contribution >= 0.6 is 11.8 Å². The van der Waals surface area contributed by atoms with E-state index in [1.807, 2.05) is 42.5 Å². The van der Waals surface area contributed by atoms with Gasteiger partial charge in [-0.15, -0.1) is 5.10 Å². The number of anilines is 1. The summed E-state index contributed by atoms with van der Waals surface area (Å²) < 4.78 is 7.02. The van der Waals surface area contributed by atoms with E-state index in [9.17, 15) is 4.79 Å². The summed E-state index contributed by atoms with van der Waals surface area (Å²) in [7, 11) is 0. The van der Waals surface area contributed by atoms with Gasteiger partial charge in [0, 0.05) is 11.3 Å². The highest BCUT2D eigenvalue weighted by Crippen LogP contribution is 2.18. The Morgan fingerprint density at radius 3 is 2.62 bits per heavy atom. The Balaban J connectivity index is 1.28. The molecule has 2 aromatic carbocycles. The van der Waals surface area contributed by atoms with Crippen molar-refractivity contribution in [2.45, 2.75) is 11.7 Å². The average Bonchev–Trinajstić information content (AvgIpc) is 3.24. The predicted molar refractivity (Wildman–Crippen MR) is 110 cm³/mol. The zero-order valence-electron chi connectivity index (χ0n) is 16.0. The summed E-state index contributed by atoms with van der Waals surface area (Å²) >= 11 is 1.30. The summed E-state index contributed by atoms with van der Waals surface area (Å²) in [6.07, 6.45) is 0. The molecule has 0 atom stereocenters. The minimum atomic E-state index is -0.0934. The SMILES string of the molecule is O=C(CSc1nnnn1-c1ccccc1)Nc1ccc(C[NH+]2CCOCC2)cc1. The van der Waals surface area contributed by atoms with Crippen LogP contribution in [-0.2, 0) is 16.1 Å². The van der Waals surface area contributed by atoms with Gasteiger partial charge in [-0.3, -0.25) is 4.79 Å². The topological polar surface area (TPSA) is 86.4 Å². The molecule has 0 bridgehead atoms. The second-order valence-electron chi connectivity index (χ2n) is 6.78. The van der Waals surface area contributed by atoms with Crippen molar-refractivity contribution in [1.29, 1.82) is 0 Å². The molecule has 29 heavy (non-hydrogen) atoms. The number of carbonyl (C=O) groups is 1. The number of hydrogen-bond acceptors (Lipinski definition) is 6. The Bertz CT molecular complexity index is 926. The fourth-order valence-corrected chi connectivity index (χ4v) is 3.85. The Kier molecular flexibility index (Phi) is 6.50. The fourth-order valence-electron chi connectivity index (χ4n) is 3.16. The molecule has 1 aliphatic heterocycles. The highest BCUT2D eigenvalue weighted by Gasteiger charge is 2.14. The number of nitrogens with one attached hydrogen (secondary N) is 2. The maximum Gasteiger partial charge on any atom is 0.234 e. The number of amides is 1. The van der Waals surface area contributed by atoms with Crippen molar-refractivity contribution in [2.24, 2.45) is 0 Å². The monoisotopic (exact) mass is 411 g/mol. The second-order valence-corrected chi connectivity index (χ2v) is 7.72. The molecule has 1 amide bonds. The maximum atomic E-state index is 12.3. The lowest BCUT2D eigenvalue weighted by Gasteiger charge is -2.23. The van der Waals surface area contributed by atoms with Gasteiger partial charge in [-0.05, 0) is 34.7 Å². The van der Waals surface area contributed by atoms with Crippen LogP contribution in [0.5, 0.6) is 0 Å². The van der Waals surface area contributed by atoms with Crippen LogP contribution in [0.25, 0.3) is 5.69 Å². The van der Waals surface area contributed by atoms with Crippen LogP contribution in [0, 0.1) is 0 Å². The summed E-state index contributed by atoms with van der Waals surface area (Å²) in [5.41, 5.74) is 2.91. The van der Waals surface area contributed by atoms with E-state index < -0.39 is 0 Å². The van der Waals surface area contributed by atoms with Crippen molar-refractivity contribution in [2.75, 3.05) is 37.4 Å². The van der Waals surface area contributed by atoms with Crippen molar-refractivity contribution in [3.8, 4) is 5.69 Å². The van der Waals surface area contributed by atoms with Crippen LogP contribution < -0.4 is 10.2 Å². The molecule has 1 fully saturated rings. The number of rotatable bonds is 7. The van der Waals surface area contributed by atoms with Crippen molar-refractivity contribution in [3.05, 3.63) is 60.2 Å². The van der Waals surface area contributed by atoms with Gasteiger partial charge >= 0.3 is 0 Å². The zero-order chi connectivity index (χ0) is 19.9. The van der Waals surface area contributed by atoms with Gasteiger partial charge in [0.25, 0.3) is 0 Å². The number of morpholine rings is 1. The molecule has 1 aromatic heterocycles. The minimum absolute atomic E-state index is 0.0934. The molecule has 0 spiro atoms. The Morgan fingerprint density at radius 1 is 1.10 bits per heavy atom. The number of quaternary nitrogens is 1. The first-order valence-corrected chi connectivity index (χ1v) is 10.5. The van der Waals surface area contributed by atoms with Gasteiger partial charge in [-0.2, -0.15) is 4.68 Å². The maximum absolute atomic E-state index is 12.3. The molecular weight excluding hydrogens is 388 g/mol. The molecule has 2 N–H and O–H groups in total. The largest absolute Gasteiger partial charge is 0.370 e. The van der Waals surface area contributed by atoms with Gasteiger partial charge in [0.05, 0.1) is 24.7 Å². The smallest absolute Gasteiger partial charge is 0.234 e. The van der Waals surface area contributed by atoms with E-state index in [0.29, 0.717) is 5.16 Å². The van der Waals surface area contributed by atoms with Gasteiger partial charge in [-0.1, -0.05) is 42.1 Å². The van der Waals surface area contributed by atoms with E-state index in [1.54, 1.807) is 4.68 Å². The first-order chi connectivity index (χ1) is 14.3. The lowest BCUT2D eigenvalue weighted by atomic mass is 10.2. The number of nitrogens with zero attached hydrogens (tertiary/aromatic N) is 4. The standard InChI is InChI=1S/C20H22N6O2S/c27-19(15-29-20-22-23-24-26(20)18-4-2-1-3-5-18)21-17-8-6-16(7-9-17)14-25-10-12-28-13-11-25/h1-9H,10-15H2,(H,21,27)/p+1. The average molecular weight is 412 g/mol. The third-order valence-corrected chi connectivity index (χ3v) is 5.59. The zero-order valence-corrected chi connectivity index (χ0v) is 16.8. The van der Waals surface area contributed by atoms with Crippen LogP contribution in [0.15, 0.2) is 59.8 Å². The first kappa shape index (κ1) is 19.6. The summed E-state index contributed by atoms with van der Waals surface area (Å²) in [6.45, 7) is 4.72. The quantitative estimate of drug-likeness (QED) is 0.560. The Hall–Kier alpha value is -2.75. The first-order valence-electron chi connectivity index (χ1n) is 9.54. The molecule has 150 valence electrons. The molecule has 4 rings (SSSR count). The predicted octanol–water partition coefficient (Wildman–Crippen LogP) is 0.808. The van der Waals surface area contributed by atoms with Crippen LogP contribution in [0.3, 0.4) is 0 Å². The van der Waals surface area contributed by atoms with E-state index >= 15 is 0 Å². The molecule has 0 radical (unpaired) electrons. The molecule has 1 aliphatic rings. The van der Waals surface area contributed by atoms with Crippen LogP contribution in [-0.4, -0.2) is 58.2 Å². The normalized spacial score (nSPS) is 14.6. The van der Waals surface area contributed by atoms with Crippen LogP contribution in [0.4, 0.5) is 5.69 Å². The van der Waals surface area contributed by atoms with E-state index in [4.69, 9.17) is 4.74 Å². The van der Waals surface area contributed by atoms with Crippen LogP contribution in [0.2, 0.25) is 0 Å². The highest BCUT2D eigenvalue weighted by atomic mass is 32.2. The molecule has 1 saturated heterocycles. The second kappa shape index (κ2) is 9.64. The summed E-state index contributed by atoms with van der Waals surface area (Å²) in [5, 5.41) is 15.2. The van der Waals surface area contributed by atoms with Gasteiger partial charge in [0.15, 0.2) is 0 Å². The molecular formula is C20H23N6O2S+. The lowest BCUT2D eigenvalue weighted by molar-refractivity contribution is -0.921. The van der Waals surface area contributed by atoms with Gasteiger partial charge in [-0.25, -0.2) is 0 Å². The van der Waals surface area contributed by atoms with Gasteiger partial charge < -0.3 is 15.0 Å². The van der Waals surface area contributed by atoms with Gasteiger partial charge in [0.2, 0.25) is 11.1 Å². The van der Waals surface area contributed by atoms with E-state index in [2.05, 4.69) is 33.0 Å². The third-order valence-electron chi connectivity index (χ3n) is 4.67. The molecule has 8 nitrogen and oxygen atoms in total. The molecule has 0 unspecified atom stereocenters. The number of ether oxygens (including phenoxy) is 1. The number of thioether (sulfide) groups is 1. The Morgan fingerprint density at radius 2 is 1.86 bits per heavy atom. The minimum Gasteiger partial charge on any atom is -0.370 e. The van der Waals surface area contributed by atoms with Crippen LogP contribution in [0.1, 0.15) is 5.56 Å². The van der Waals surface area contributed by atoms with E-state index in [-0.39, 0.29) is 11.7 Å².